The van der Waals surface area contributed by atoms with E-state index in [9.17, 15) is 4.79 Å². The third kappa shape index (κ3) is 5.55. The van der Waals surface area contributed by atoms with E-state index in [1.165, 1.54) is 16.7 Å². The van der Waals surface area contributed by atoms with Gasteiger partial charge in [0.1, 0.15) is 5.82 Å². The largest absolute Gasteiger partial charge is 0.356 e. The molecule has 1 heterocycles. The quantitative estimate of drug-likeness (QED) is 0.657. The zero-order valence-corrected chi connectivity index (χ0v) is 15.0. The standard InChI is InChI=1S/C21H24N4O/c1-16-7-9-18(10-8-16)15-20-23-19(24-25-20)13-14-22-21(26)12-11-17-5-3-2-4-6-17/h2-10H,11-15H2,1H3,(H,22,26)(H,23,24,25). The lowest BCUT2D eigenvalue weighted by atomic mass is 10.1. The summed E-state index contributed by atoms with van der Waals surface area (Å²) in [6.45, 7) is 2.62. The molecule has 0 aliphatic heterocycles. The summed E-state index contributed by atoms with van der Waals surface area (Å²) in [5.41, 5.74) is 3.62. The lowest BCUT2D eigenvalue weighted by Gasteiger charge is -2.04. The fourth-order valence-electron chi connectivity index (χ4n) is 2.73. The highest BCUT2D eigenvalue weighted by Gasteiger charge is 2.06. The van der Waals surface area contributed by atoms with Gasteiger partial charge in [0.15, 0.2) is 5.82 Å². The molecule has 0 spiro atoms. The molecule has 0 bridgehead atoms. The van der Waals surface area contributed by atoms with E-state index < -0.39 is 0 Å². The third-order valence-corrected chi connectivity index (χ3v) is 4.22. The number of carbonyl (C=O) groups is 1. The molecule has 0 fully saturated rings. The zero-order chi connectivity index (χ0) is 18.2. The molecular weight excluding hydrogens is 324 g/mol. The summed E-state index contributed by atoms with van der Waals surface area (Å²) in [5, 5.41) is 10.1. The molecule has 0 atom stereocenters. The van der Waals surface area contributed by atoms with Crippen LogP contribution in [0.5, 0.6) is 0 Å². The second kappa shape index (κ2) is 8.94. The predicted molar refractivity (Wildman–Crippen MR) is 102 cm³/mol. The normalized spacial score (nSPS) is 10.7. The number of nitrogens with one attached hydrogen (secondary N) is 2. The first-order valence-electron chi connectivity index (χ1n) is 8.95. The smallest absolute Gasteiger partial charge is 0.220 e. The molecule has 0 unspecified atom stereocenters. The monoisotopic (exact) mass is 348 g/mol. The van der Waals surface area contributed by atoms with Crippen molar-refractivity contribution in [1.29, 1.82) is 0 Å². The first-order chi connectivity index (χ1) is 12.7. The minimum Gasteiger partial charge on any atom is -0.356 e. The van der Waals surface area contributed by atoms with Gasteiger partial charge in [-0.1, -0.05) is 60.2 Å². The second-order valence-electron chi connectivity index (χ2n) is 6.45. The number of aromatic nitrogens is 3. The average molecular weight is 348 g/mol. The Morgan fingerprint density at radius 2 is 1.77 bits per heavy atom. The lowest BCUT2D eigenvalue weighted by molar-refractivity contribution is -0.121. The molecule has 0 saturated carbocycles. The van der Waals surface area contributed by atoms with Crippen molar-refractivity contribution in [1.82, 2.24) is 20.5 Å². The van der Waals surface area contributed by atoms with Crippen molar-refractivity contribution in [3.63, 3.8) is 0 Å². The van der Waals surface area contributed by atoms with Crippen molar-refractivity contribution < 1.29 is 4.79 Å². The number of carbonyl (C=O) groups excluding carboxylic acids is 1. The molecule has 0 saturated heterocycles. The minimum atomic E-state index is 0.0595. The molecule has 2 N–H and O–H groups in total. The van der Waals surface area contributed by atoms with Crippen LogP contribution in [0.25, 0.3) is 0 Å². The first kappa shape index (κ1) is 17.9. The van der Waals surface area contributed by atoms with Crippen molar-refractivity contribution in [3.05, 3.63) is 82.9 Å². The van der Waals surface area contributed by atoms with Crippen LogP contribution in [0.2, 0.25) is 0 Å². The molecular formula is C21H24N4O. The van der Waals surface area contributed by atoms with Crippen molar-refractivity contribution in [2.75, 3.05) is 6.54 Å². The summed E-state index contributed by atoms with van der Waals surface area (Å²) in [6, 6.07) is 18.4. The minimum absolute atomic E-state index is 0.0595. The van der Waals surface area contributed by atoms with E-state index in [2.05, 4.69) is 51.7 Å². The van der Waals surface area contributed by atoms with Gasteiger partial charge in [-0.15, -0.1) is 0 Å². The van der Waals surface area contributed by atoms with Crippen LogP contribution in [-0.4, -0.2) is 27.6 Å². The summed E-state index contributed by atoms with van der Waals surface area (Å²) in [6.07, 6.45) is 2.61. The number of rotatable bonds is 8. The van der Waals surface area contributed by atoms with Gasteiger partial charge in [0.05, 0.1) is 0 Å². The van der Waals surface area contributed by atoms with Gasteiger partial charge in [0.2, 0.25) is 5.91 Å². The van der Waals surface area contributed by atoms with Gasteiger partial charge in [-0.2, -0.15) is 5.10 Å². The summed E-state index contributed by atoms with van der Waals surface area (Å²) < 4.78 is 0. The summed E-state index contributed by atoms with van der Waals surface area (Å²) in [7, 11) is 0. The van der Waals surface area contributed by atoms with Gasteiger partial charge in [-0.3, -0.25) is 9.89 Å². The highest BCUT2D eigenvalue weighted by molar-refractivity contribution is 5.76. The Balaban J connectivity index is 1.39. The molecule has 0 aliphatic rings. The maximum absolute atomic E-state index is 11.9. The molecule has 26 heavy (non-hydrogen) atoms. The van der Waals surface area contributed by atoms with Crippen LogP contribution in [0.15, 0.2) is 54.6 Å². The van der Waals surface area contributed by atoms with Crippen LogP contribution in [0.1, 0.15) is 34.8 Å². The molecule has 0 aliphatic carbocycles. The first-order valence-corrected chi connectivity index (χ1v) is 8.95. The van der Waals surface area contributed by atoms with E-state index in [1.54, 1.807) is 0 Å². The van der Waals surface area contributed by atoms with E-state index in [4.69, 9.17) is 0 Å². The molecule has 5 heteroatoms. The van der Waals surface area contributed by atoms with E-state index >= 15 is 0 Å². The Morgan fingerprint density at radius 1 is 1.00 bits per heavy atom. The van der Waals surface area contributed by atoms with Gasteiger partial charge in [0.25, 0.3) is 0 Å². The number of hydrogen-bond acceptors (Lipinski definition) is 3. The number of H-pyrrole nitrogens is 1. The second-order valence-corrected chi connectivity index (χ2v) is 6.45. The predicted octanol–water partition coefficient (Wildman–Crippen LogP) is 3.00. The van der Waals surface area contributed by atoms with Gasteiger partial charge >= 0.3 is 0 Å². The molecule has 134 valence electrons. The summed E-state index contributed by atoms with van der Waals surface area (Å²) >= 11 is 0. The number of amides is 1. The van der Waals surface area contributed by atoms with E-state index in [1.807, 2.05) is 30.3 Å². The Labute approximate surface area is 153 Å². The van der Waals surface area contributed by atoms with E-state index in [0.29, 0.717) is 19.4 Å². The topological polar surface area (TPSA) is 70.7 Å². The number of hydrogen-bond donors (Lipinski definition) is 2. The molecule has 3 aromatic rings. The van der Waals surface area contributed by atoms with Crippen LogP contribution in [0.3, 0.4) is 0 Å². The highest BCUT2D eigenvalue weighted by Crippen LogP contribution is 2.08. The molecule has 1 amide bonds. The average Bonchev–Trinajstić information content (AvgIpc) is 3.10. The lowest BCUT2D eigenvalue weighted by Crippen LogP contribution is -2.26. The van der Waals surface area contributed by atoms with Crippen molar-refractivity contribution >= 4 is 5.91 Å². The maximum atomic E-state index is 11.9. The van der Waals surface area contributed by atoms with E-state index in [-0.39, 0.29) is 5.91 Å². The van der Waals surface area contributed by atoms with E-state index in [0.717, 1.165) is 24.5 Å². The fraction of sp³-hybridized carbons (Fsp3) is 0.286. The highest BCUT2D eigenvalue weighted by atomic mass is 16.1. The van der Waals surface area contributed by atoms with Gasteiger partial charge in [-0.05, 0) is 24.5 Å². The zero-order valence-electron chi connectivity index (χ0n) is 15.0. The summed E-state index contributed by atoms with van der Waals surface area (Å²) in [4.78, 5) is 16.4. The van der Waals surface area contributed by atoms with Crippen LogP contribution < -0.4 is 5.32 Å². The molecule has 2 aromatic carbocycles. The van der Waals surface area contributed by atoms with Crippen LogP contribution in [0.4, 0.5) is 0 Å². The number of aryl methyl sites for hydroxylation is 2. The number of aromatic amines is 1. The number of nitrogens with zero attached hydrogens (tertiary/aromatic N) is 2. The van der Waals surface area contributed by atoms with Gasteiger partial charge in [-0.25, -0.2) is 4.98 Å². The van der Waals surface area contributed by atoms with Crippen LogP contribution in [0, 0.1) is 6.92 Å². The van der Waals surface area contributed by atoms with Crippen LogP contribution in [-0.2, 0) is 24.1 Å². The van der Waals surface area contributed by atoms with Gasteiger partial charge < -0.3 is 5.32 Å². The Hall–Kier alpha value is -2.95. The molecule has 3 rings (SSSR count). The van der Waals surface area contributed by atoms with Crippen LogP contribution >= 0.6 is 0 Å². The molecule has 1 aromatic heterocycles. The maximum Gasteiger partial charge on any atom is 0.220 e. The number of benzene rings is 2. The SMILES string of the molecule is Cc1ccc(Cc2nc(CCNC(=O)CCc3ccccc3)n[nH]2)cc1. The fourth-order valence-corrected chi connectivity index (χ4v) is 2.73. The molecule has 0 radical (unpaired) electrons. The van der Waals surface area contributed by atoms with Crippen molar-refractivity contribution in [2.24, 2.45) is 0 Å². The Kier molecular flexibility index (Phi) is 6.14. The Morgan fingerprint density at radius 3 is 2.54 bits per heavy atom. The molecule has 5 nitrogen and oxygen atoms in total. The Bertz CT molecular complexity index is 825. The van der Waals surface area contributed by atoms with Gasteiger partial charge in [0, 0.05) is 25.8 Å². The van der Waals surface area contributed by atoms with Crippen molar-refractivity contribution in [3.8, 4) is 0 Å². The third-order valence-electron chi connectivity index (χ3n) is 4.22. The summed E-state index contributed by atoms with van der Waals surface area (Å²) in [5.74, 6) is 1.64. The van der Waals surface area contributed by atoms with Crippen molar-refractivity contribution in [2.45, 2.75) is 32.6 Å².